The summed E-state index contributed by atoms with van der Waals surface area (Å²) >= 11 is 5.87. The predicted molar refractivity (Wildman–Crippen MR) is 69.6 cm³/mol. The Hall–Kier alpha value is -0.830. The van der Waals surface area contributed by atoms with E-state index in [-0.39, 0.29) is 5.56 Å². The van der Waals surface area contributed by atoms with Crippen LogP contribution in [-0.4, -0.2) is 9.55 Å². The number of nitrogens with zero attached hydrogens (tertiary/aromatic N) is 2. The summed E-state index contributed by atoms with van der Waals surface area (Å²) in [7, 11) is 0. The molecule has 3 nitrogen and oxygen atoms in total. The van der Waals surface area contributed by atoms with Gasteiger partial charge < -0.3 is 0 Å². The first kappa shape index (κ1) is 12.6. The molecule has 1 aromatic rings. The topological polar surface area (TPSA) is 34.9 Å². The Morgan fingerprint density at radius 1 is 1.47 bits per heavy atom. The van der Waals surface area contributed by atoms with Crippen LogP contribution in [0.1, 0.15) is 51.3 Å². The van der Waals surface area contributed by atoms with Crippen molar-refractivity contribution in [2.45, 2.75) is 52.0 Å². The van der Waals surface area contributed by atoms with Crippen molar-refractivity contribution >= 4 is 11.6 Å². The minimum absolute atomic E-state index is 0.00111. The Kier molecular flexibility index (Phi) is 3.87. The zero-order valence-corrected chi connectivity index (χ0v) is 11.2. The maximum atomic E-state index is 12.0. The lowest BCUT2D eigenvalue weighted by atomic mass is 10.0. The number of aromatic nitrogens is 2. The number of rotatable bonds is 5. The summed E-state index contributed by atoms with van der Waals surface area (Å²) in [5, 5.41) is 0.331. The van der Waals surface area contributed by atoms with Crippen LogP contribution in [0.2, 0.25) is 5.15 Å². The van der Waals surface area contributed by atoms with E-state index in [0.29, 0.717) is 17.0 Å². The third-order valence-electron chi connectivity index (χ3n) is 3.54. The Bertz CT molecular complexity index is 447. The summed E-state index contributed by atoms with van der Waals surface area (Å²) in [5.74, 6) is 1.90. The molecule has 0 atom stereocenters. The Morgan fingerprint density at radius 3 is 2.65 bits per heavy atom. The van der Waals surface area contributed by atoms with E-state index in [1.807, 2.05) is 4.57 Å². The summed E-state index contributed by atoms with van der Waals surface area (Å²) in [6, 6.07) is 1.43. The maximum Gasteiger partial charge on any atom is 0.254 e. The highest BCUT2D eigenvalue weighted by Gasteiger charge is 2.29. The molecule has 1 saturated carbocycles. The van der Waals surface area contributed by atoms with Crippen LogP contribution in [-0.2, 0) is 6.54 Å². The second-order valence-electron chi connectivity index (χ2n) is 4.84. The maximum absolute atomic E-state index is 12.0. The molecule has 0 N–H and O–H groups in total. The van der Waals surface area contributed by atoms with Crippen LogP contribution in [0.4, 0.5) is 0 Å². The van der Waals surface area contributed by atoms with Crippen LogP contribution < -0.4 is 5.56 Å². The summed E-state index contributed by atoms with van der Waals surface area (Å²) < 4.78 is 1.83. The molecule has 0 aromatic carbocycles. The van der Waals surface area contributed by atoms with Gasteiger partial charge in [0.2, 0.25) is 0 Å². The molecule has 1 aliphatic carbocycles. The van der Waals surface area contributed by atoms with Crippen LogP contribution in [0.15, 0.2) is 10.9 Å². The zero-order chi connectivity index (χ0) is 12.4. The highest BCUT2D eigenvalue weighted by atomic mass is 35.5. The van der Waals surface area contributed by atoms with Crippen molar-refractivity contribution in [3.05, 3.63) is 27.4 Å². The first-order valence-electron chi connectivity index (χ1n) is 6.43. The zero-order valence-electron chi connectivity index (χ0n) is 10.4. The molecule has 1 fully saturated rings. The molecular weight excluding hydrogens is 236 g/mol. The van der Waals surface area contributed by atoms with Crippen molar-refractivity contribution in [1.82, 2.24) is 9.55 Å². The summed E-state index contributed by atoms with van der Waals surface area (Å²) in [6.45, 7) is 5.11. The molecule has 0 aliphatic heterocycles. The van der Waals surface area contributed by atoms with E-state index in [1.54, 1.807) is 0 Å². The minimum Gasteiger partial charge on any atom is -0.296 e. The van der Waals surface area contributed by atoms with Gasteiger partial charge >= 0.3 is 0 Å². The molecule has 0 saturated heterocycles. The highest BCUT2D eigenvalue weighted by molar-refractivity contribution is 6.29. The van der Waals surface area contributed by atoms with Gasteiger partial charge in [0, 0.05) is 18.5 Å². The molecule has 1 heterocycles. The average Bonchev–Trinajstić information content (AvgIpc) is 3.11. The fourth-order valence-corrected chi connectivity index (χ4v) is 2.32. The molecule has 1 aliphatic rings. The Labute approximate surface area is 107 Å². The van der Waals surface area contributed by atoms with Gasteiger partial charge in [-0.3, -0.25) is 9.36 Å². The lowest BCUT2D eigenvalue weighted by Gasteiger charge is -2.17. The van der Waals surface area contributed by atoms with Gasteiger partial charge in [0.05, 0.1) is 0 Å². The average molecular weight is 255 g/mol. The van der Waals surface area contributed by atoms with Gasteiger partial charge in [-0.15, -0.1) is 0 Å². The van der Waals surface area contributed by atoms with Gasteiger partial charge in [-0.05, 0) is 18.8 Å². The second kappa shape index (κ2) is 5.21. The van der Waals surface area contributed by atoms with E-state index in [2.05, 4.69) is 18.8 Å². The van der Waals surface area contributed by atoms with Gasteiger partial charge in [0.1, 0.15) is 11.0 Å². The van der Waals surface area contributed by atoms with Crippen LogP contribution >= 0.6 is 11.6 Å². The van der Waals surface area contributed by atoms with Crippen molar-refractivity contribution < 1.29 is 0 Å². The third-order valence-corrected chi connectivity index (χ3v) is 3.74. The van der Waals surface area contributed by atoms with Crippen LogP contribution in [0, 0.1) is 5.92 Å². The van der Waals surface area contributed by atoms with Gasteiger partial charge in [-0.1, -0.05) is 38.3 Å². The van der Waals surface area contributed by atoms with Crippen molar-refractivity contribution in [3.63, 3.8) is 0 Å². The van der Waals surface area contributed by atoms with Crippen molar-refractivity contribution in [2.75, 3.05) is 0 Å². The standard InChI is InChI=1S/C13H19ClN2O/c1-3-9(4-2)8-16-12(17)7-11(14)15-13(16)10-5-6-10/h7,9-10H,3-6,8H2,1-2H3. The van der Waals surface area contributed by atoms with Crippen LogP contribution in [0.25, 0.3) is 0 Å². The number of halogens is 1. The minimum atomic E-state index is -0.00111. The van der Waals surface area contributed by atoms with Gasteiger partial charge in [0.15, 0.2) is 0 Å². The summed E-state index contributed by atoms with van der Waals surface area (Å²) in [4.78, 5) is 16.3. The fourth-order valence-electron chi connectivity index (χ4n) is 2.14. The summed E-state index contributed by atoms with van der Waals surface area (Å²) in [6.07, 6.45) is 4.46. The van der Waals surface area contributed by atoms with E-state index in [9.17, 15) is 4.79 Å². The predicted octanol–water partition coefficient (Wildman–Crippen LogP) is 3.21. The smallest absolute Gasteiger partial charge is 0.254 e. The van der Waals surface area contributed by atoms with Gasteiger partial charge in [-0.25, -0.2) is 4.98 Å². The molecular formula is C13H19ClN2O. The first-order valence-corrected chi connectivity index (χ1v) is 6.80. The second-order valence-corrected chi connectivity index (χ2v) is 5.23. The third kappa shape index (κ3) is 2.89. The van der Waals surface area contributed by atoms with Gasteiger partial charge in [0.25, 0.3) is 5.56 Å². The molecule has 1 aromatic heterocycles. The SMILES string of the molecule is CCC(CC)Cn1c(C2CC2)nc(Cl)cc1=O. The fraction of sp³-hybridized carbons (Fsp3) is 0.692. The van der Waals surface area contributed by atoms with E-state index in [4.69, 9.17) is 11.6 Å². The first-order chi connectivity index (χ1) is 8.15. The largest absolute Gasteiger partial charge is 0.296 e. The lowest BCUT2D eigenvalue weighted by molar-refractivity contribution is 0.400. The normalized spacial score (nSPS) is 15.5. The Balaban J connectivity index is 2.33. The van der Waals surface area contributed by atoms with E-state index in [0.717, 1.165) is 38.1 Å². The van der Waals surface area contributed by atoms with Crippen molar-refractivity contribution in [1.29, 1.82) is 0 Å². The molecule has 4 heteroatoms. The quantitative estimate of drug-likeness (QED) is 0.757. The van der Waals surface area contributed by atoms with E-state index < -0.39 is 0 Å². The molecule has 0 spiro atoms. The molecule has 2 rings (SSSR count). The van der Waals surface area contributed by atoms with Gasteiger partial charge in [-0.2, -0.15) is 0 Å². The molecule has 0 unspecified atom stereocenters. The number of hydrogen-bond donors (Lipinski definition) is 0. The van der Waals surface area contributed by atoms with Crippen LogP contribution in [0.3, 0.4) is 0 Å². The van der Waals surface area contributed by atoms with E-state index in [1.165, 1.54) is 6.07 Å². The monoisotopic (exact) mass is 254 g/mol. The summed E-state index contributed by atoms with van der Waals surface area (Å²) in [5.41, 5.74) is -0.00111. The number of hydrogen-bond acceptors (Lipinski definition) is 2. The lowest BCUT2D eigenvalue weighted by Crippen LogP contribution is -2.27. The molecule has 0 bridgehead atoms. The van der Waals surface area contributed by atoms with Crippen LogP contribution in [0.5, 0.6) is 0 Å². The van der Waals surface area contributed by atoms with Crippen molar-refractivity contribution in [3.8, 4) is 0 Å². The molecule has 17 heavy (non-hydrogen) atoms. The molecule has 0 radical (unpaired) electrons. The van der Waals surface area contributed by atoms with Crippen molar-refractivity contribution in [2.24, 2.45) is 5.92 Å². The molecule has 94 valence electrons. The van der Waals surface area contributed by atoms with E-state index >= 15 is 0 Å². The molecule has 0 amide bonds. The Morgan fingerprint density at radius 2 is 2.12 bits per heavy atom. The highest BCUT2D eigenvalue weighted by Crippen LogP contribution is 2.39.